The van der Waals surface area contributed by atoms with Gasteiger partial charge in [0.05, 0.1) is 18.4 Å². The standard InChI is InChI=1S/C23H25NO4/c1-15-4-6-18(7-5-15)14-24-20(25)13-23(3,22(24)28)16(2)19-10-8-17(9-11-19)12-21(26)27/h4-11,16H,12-14H2,1-3H3,(H,26,27)/t16-,23+/m1/s1. The van der Waals surface area contributed by atoms with Crippen LogP contribution in [0.15, 0.2) is 48.5 Å². The topological polar surface area (TPSA) is 74.7 Å². The van der Waals surface area contributed by atoms with Crippen LogP contribution in [0.5, 0.6) is 0 Å². The van der Waals surface area contributed by atoms with E-state index in [9.17, 15) is 14.4 Å². The zero-order valence-corrected chi connectivity index (χ0v) is 16.4. The number of likely N-dealkylation sites (tertiary alicyclic amines) is 1. The molecule has 1 aliphatic rings. The number of nitrogens with zero attached hydrogens (tertiary/aromatic N) is 1. The lowest BCUT2D eigenvalue weighted by atomic mass is 9.73. The maximum Gasteiger partial charge on any atom is 0.307 e. The van der Waals surface area contributed by atoms with Crippen LogP contribution in [-0.2, 0) is 27.3 Å². The average Bonchev–Trinajstić information content (AvgIpc) is 2.87. The van der Waals surface area contributed by atoms with Crippen LogP contribution in [0, 0.1) is 12.3 Å². The van der Waals surface area contributed by atoms with Crippen LogP contribution in [0.1, 0.15) is 48.4 Å². The first-order chi connectivity index (χ1) is 13.2. The fourth-order valence-electron chi connectivity index (χ4n) is 3.75. The summed E-state index contributed by atoms with van der Waals surface area (Å²) < 4.78 is 0. The molecule has 5 nitrogen and oxygen atoms in total. The third kappa shape index (κ3) is 3.84. The number of carbonyl (C=O) groups excluding carboxylic acids is 2. The van der Waals surface area contributed by atoms with Gasteiger partial charge in [-0.3, -0.25) is 19.3 Å². The van der Waals surface area contributed by atoms with Gasteiger partial charge >= 0.3 is 5.97 Å². The molecule has 0 unspecified atom stereocenters. The lowest BCUT2D eigenvalue weighted by Gasteiger charge is -2.29. The Morgan fingerprint density at radius 1 is 1.07 bits per heavy atom. The summed E-state index contributed by atoms with van der Waals surface area (Å²) in [4.78, 5) is 38.0. The van der Waals surface area contributed by atoms with E-state index in [1.165, 1.54) is 4.90 Å². The van der Waals surface area contributed by atoms with Gasteiger partial charge in [-0.2, -0.15) is 0 Å². The van der Waals surface area contributed by atoms with E-state index < -0.39 is 11.4 Å². The molecular formula is C23H25NO4. The number of benzene rings is 2. The highest BCUT2D eigenvalue weighted by atomic mass is 16.4. The molecule has 1 N–H and O–H groups in total. The fourth-order valence-corrected chi connectivity index (χ4v) is 3.75. The first-order valence-electron chi connectivity index (χ1n) is 9.41. The van der Waals surface area contributed by atoms with Crippen molar-refractivity contribution in [3.8, 4) is 0 Å². The lowest BCUT2D eigenvalue weighted by Crippen LogP contribution is -2.36. The van der Waals surface area contributed by atoms with Gasteiger partial charge in [-0.1, -0.05) is 61.0 Å². The molecule has 0 radical (unpaired) electrons. The fraction of sp³-hybridized carbons (Fsp3) is 0.348. The molecule has 146 valence electrons. The van der Waals surface area contributed by atoms with Crippen molar-refractivity contribution in [2.75, 3.05) is 0 Å². The van der Waals surface area contributed by atoms with Gasteiger partial charge in [0, 0.05) is 6.42 Å². The maximum absolute atomic E-state index is 13.2. The van der Waals surface area contributed by atoms with Crippen LogP contribution in [0.4, 0.5) is 0 Å². The summed E-state index contributed by atoms with van der Waals surface area (Å²) in [5, 5.41) is 8.90. The number of carbonyl (C=O) groups is 3. The maximum atomic E-state index is 13.2. The number of carboxylic acids is 1. The van der Waals surface area contributed by atoms with Gasteiger partial charge in [-0.15, -0.1) is 0 Å². The van der Waals surface area contributed by atoms with Gasteiger partial charge in [0.25, 0.3) is 0 Å². The van der Waals surface area contributed by atoms with E-state index in [1.54, 1.807) is 12.1 Å². The third-order valence-corrected chi connectivity index (χ3v) is 5.81. The molecule has 0 spiro atoms. The summed E-state index contributed by atoms with van der Waals surface area (Å²) in [6.45, 7) is 6.08. The normalized spacial score (nSPS) is 20.5. The molecule has 3 rings (SSSR count). The largest absolute Gasteiger partial charge is 0.481 e. The van der Waals surface area contributed by atoms with E-state index in [0.717, 1.165) is 16.7 Å². The minimum atomic E-state index is -0.879. The molecule has 1 fully saturated rings. The van der Waals surface area contributed by atoms with Gasteiger partial charge in [-0.25, -0.2) is 0 Å². The average molecular weight is 379 g/mol. The number of rotatable bonds is 6. The molecule has 0 bridgehead atoms. The molecular weight excluding hydrogens is 354 g/mol. The van der Waals surface area contributed by atoms with Crippen molar-refractivity contribution in [2.45, 2.75) is 46.1 Å². The number of hydrogen-bond donors (Lipinski definition) is 1. The summed E-state index contributed by atoms with van der Waals surface area (Å²) >= 11 is 0. The summed E-state index contributed by atoms with van der Waals surface area (Å²) in [6, 6.07) is 15.1. The molecule has 2 amide bonds. The SMILES string of the molecule is Cc1ccc(CN2C(=O)C[C@@](C)([C@H](C)c3ccc(CC(=O)O)cc3)C2=O)cc1. The van der Waals surface area contributed by atoms with E-state index >= 15 is 0 Å². The van der Waals surface area contributed by atoms with Crippen LogP contribution in [0.2, 0.25) is 0 Å². The molecule has 2 aromatic rings. The Labute approximate surface area is 165 Å². The Morgan fingerprint density at radius 3 is 2.21 bits per heavy atom. The van der Waals surface area contributed by atoms with Crippen LogP contribution in [0.25, 0.3) is 0 Å². The first-order valence-corrected chi connectivity index (χ1v) is 9.41. The smallest absolute Gasteiger partial charge is 0.307 e. The van der Waals surface area contributed by atoms with Crippen molar-refractivity contribution in [1.29, 1.82) is 0 Å². The van der Waals surface area contributed by atoms with Crippen molar-refractivity contribution in [3.05, 3.63) is 70.8 Å². The first kappa shape index (κ1) is 19.8. The highest BCUT2D eigenvalue weighted by molar-refractivity contribution is 6.06. The number of carboxylic acid groups (broad SMARTS) is 1. The second-order valence-corrected chi connectivity index (χ2v) is 7.90. The summed E-state index contributed by atoms with van der Waals surface area (Å²) in [7, 11) is 0. The third-order valence-electron chi connectivity index (χ3n) is 5.81. The Morgan fingerprint density at radius 2 is 1.64 bits per heavy atom. The summed E-state index contributed by atoms with van der Waals surface area (Å²) in [5.74, 6) is -1.34. The van der Waals surface area contributed by atoms with Gasteiger partial charge in [-0.05, 0) is 36.5 Å². The van der Waals surface area contributed by atoms with Crippen LogP contribution in [-0.4, -0.2) is 27.8 Å². The van der Waals surface area contributed by atoms with E-state index in [4.69, 9.17) is 5.11 Å². The number of aliphatic carboxylic acids is 1. The van der Waals surface area contributed by atoms with Gasteiger partial charge in [0.1, 0.15) is 0 Å². The van der Waals surface area contributed by atoms with Crippen molar-refractivity contribution in [2.24, 2.45) is 5.41 Å². The predicted octanol–water partition coefficient (Wildman–Crippen LogP) is 3.69. The minimum Gasteiger partial charge on any atom is -0.481 e. The monoisotopic (exact) mass is 379 g/mol. The Balaban J connectivity index is 1.79. The molecule has 28 heavy (non-hydrogen) atoms. The highest BCUT2D eigenvalue weighted by Gasteiger charge is 2.51. The van der Waals surface area contributed by atoms with Crippen molar-refractivity contribution in [3.63, 3.8) is 0 Å². The Hall–Kier alpha value is -2.95. The lowest BCUT2D eigenvalue weighted by molar-refractivity contribution is -0.142. The number of aryl methyl sites for hydroxylation is 1. The molecule has 0 aliphatic carbocycles. The van der Waals surface area contributed by atoms with E-state index in [0.29, 0.717) is 5.56 Å². The van der Waals surface area contributed by atoms with Gasteiger partial charge < -0.3 is 5.11 Å². The van der Waals surface area contributed by atoms with Gasteiger partial charge in [0.2, 0.25) is 11.8 Å². The zero-order chi connectivity index (χ0) is 20.5. The summed E-state index contributed by atoms with van der Waals surface area (Å²) in [6.07, 6.45) is 0.142. The molecule has 2 atom stereocenters. The van der Waals surface area contributed by atoms with Crippen LogP contribution in [0.3, 0.4) is 0 Å². The Kier molecular flexibility index (Phi) is 5.36. The van der Waals surface area contributed by atoms with Crippen molar-refractivity contribution < 1.29 is 19.5 Å². The minimum absolute atomic E-state index is 0.0341. The van der Waals surface area contributed by atoms with Crippen molar-refractivity contribution in [1.82, 2.24) is 4.90 Å². The Bertz CT molecular complexity index is 901. The molecule has 5 heteroatoms. The highest BCUT2D eigenvalue weighted by Crippen LogP contribution is 2.45. The number of amides is 2. The quantitative estimate of drug-likeness (QED) is 0.777. The second kappa shape index (κ2) is 7.58. The molecule has 0 saturated carbocycles. The molecule has 1 heterocycles. The molecule has 2 aromatic carbocycles. The molecule has 1 saturated heterocycles. The zero-order valence-electron chi connectivity index (χ0n) is 16.4. The van der Waals surface area contributed by atoms with E-state index in [1.807, 2.05) is 57.2 Å². The van der Waals surface area contributed by atoms with Crippen molar-refractivity contribution >= 4 is 17.8 Å². The number of imide groups is 1. The summed E-state index contributed by atoms with van der Waals surface area (Å²) in [5.41, 5.74) is 2.89. The predicted molar refractivity (Wildman–Crippen MR) is 106 cm³/mol. The van der Waals surface area contributed by atoms with Crippen LogP contribution < -0.4 is 0 Å². The molecule has 1 aliphatic heterocycles. The molecule has 0 aromatic heterocycles. The van der Waals surface area contributed by atoms with Gasteiger partial charge in [0.15, 0.2) is 0 Å². The van der Waals surface area contributed by atoms with Crippen LogP contribution >= 0.6 is 0 Å². The van der Waals surface area contributed by atoms with E-state index in [2.05, 4.69) is 0 Å². The van der Waals surface area contributed by atoms with E-state index in [-0.39, 0.29) is 37.1 Å². The second-order valence-electron chi connectivity index (χ2n) is 7.90. The number of hydrogen-bond acceptors (Lipinski definition) is 3.